The second-order valence-electron chi connectivity index (χ2n) is 9.27. The molecule has 0 heterocycles. The first-order valence-corrected chi connectivity index (χ1v) is 13.6. The quantitative estimate of drug-likeness (QED) is 0.209. The van der Waals surface area contributed by atoms with E-state index in [1.54, 1.807) is 0 Å². The van der Waals surface area contributed by atoms with Gasteiger partial charge in [-0.05, 0) is 51.6 Å². The van der Waals surface area contributed by atoms with Crippen LogP contribution >= 0.6 is 23.2 Å². The number of halogens is 2. The zero-order valence-corrected chi connectivity index (χ0v) is 23.6. The van der Waals surface area contributed by atoms with Gasteiger partial charge in [-0.1, -0.05) is 59.6 Å². The van der Waals surface area contributed by atoms with Crippen LogP contribution in [0.4, 0.5) is 0 Å². The Kier molecular flexibility index (Phi) is 12.2. The maximum atomic E-state index is 12.4. The largest absolute Gasteiger partial charge is 0.858 e. The van der Waals surface area contributed by atoms with Crippen molar-refractivity contribution in [3.63, 3.8) is 0 Å². The normalized spacial score (nSPS) is 13.3. The molecule has 0 atom stereocenters. The van der Waals surface area contributed by atoms with Gasteiger partial charge in [0.25, 0.3) is 0 Å². The molecule has 198 valence electrons. The van der Waals surface area contributed by atoms with Crippen molar-refractivity contribution in [3.05, 3.63) is 69.7 Å². The van der Waals surface area contributed by atoms with Gasteiger partial charge in [0.15, 0.2) is 0 Å². The Morgan fingerprint density at radius 3 is 1.28 bits per heavy atom. The Bertz CT molecular complexity index is 937. The zero-order valence-electron chi connectivity index (χ0n) is 22.1. The molecular weight excluding hydrogens is 495 g/mol. The molecule has 2 aromatic rings. The molecule has 36 heavy (non-hydrogen) atoms. The molecule has 0 radical (unpaired) electrons. The number of nitrogens with zero attached hydrogens (tertiary/aromatic N) is 4. The predicted molar refractivity (Wildman–Crippen MR) is 147 cm³/mol. The Labute approximate surface area is 226 Å². The average Bonchev–Trinajstić information content (AvgIpc) is 2.89. The van der Waals surface area contributed by atoms with Crippen molar-refractivity contribution in [2.75, 3.05) is 52.4 Å². The second kappa shape index (κ2) is 14.6. The first-order valence-electron chi connectivity index (χ1n) is 12.8. The molecule has 0 unspecified atom stereocenters. The summed E-state index contributed by atoms with van der Waals surface area (Å²) in [6.45, 7) is 15.4. The fourth-order valence-electron chi connectivity index (χ4n) is 4.52. The van der Waals surface area contributed by atoms with Crippen LogP contribution in [0.3, 0.4) is 0 Å². The minimum Gasteiger partial charge on any atom is -0.858 e. The van der Waals surface area contributed by atoms with Crippen LogP contribution in [0, 0.1) is 0 Å². The van der Waals surface area contributed by atoms with Gasteiger partial charge >= 0.3 is 0 Å². The van der Waals surface area contributed by atoms with Gasteiger partial charge < -0.3 is 19.2 Å². The van der Waals surface area contributed by atoms with Crippen LogP contribution in [0.1, 0.15) is 38.8 Å². The number of rotatable bonds is 14. The van der Waals surface area contributed by atoms with Crippen LogP contribution < -0.4 is 10.2 Å². The van der Waals surface area contributed by atoms with Crippen molar-refractivity contribution < 1.29 is 19.2 Å². The summed E-state index contributed by atoms with van der Waals surface area (Å²) in [6.07, 6.45) is 0. The molecule has 0 N–H and O–H groups in total. The highest BCUT2D eigenvalue weighted by Gasteiger charge is 2.25. The fraction of sp³-hybridized carbons (Fsp3) is 0.500. The summed E-state index contributed by atoms with van der Waals surface area (Å²) in [7, 11) is 0. The number of quaternary nitrogens is 2. The first kappa shape index (κ1) is 30.1. The highest BCUT2D eigenvalue weighted by Crippen LogP contribution is 2.22. The molecule has 8 heteroatoms. The molecule has 0 saturated heterocycles. The van der Waals surface area contributed by atoms with E-state index >= 15 is 0 Å². The lowest BCUT2D eigenvalue weighted by Crippen LogP contribution is -2.49. The summed E-state index contributed by atoms with van der Waals surface area (Å²) in [4.78, 5) is 8.10. The van der Waals surface area contributed by atoms with E-state index in [-0.39, 0.29) is 13.1 Å². The number of hydrogen-bond acceptors (Lipinski definition) is 4. The lowest BCUT2D eigenvalue weighted by molar-refractivity contribution is -0.936. The SMILES string of the molecule is CC[N+](CC)(CCN=C([O-])C([O-])=NCC[N+](CC)(CC)Cc1ccccc1Cl)Cc1ccccc1Cl. The fourth-order valence-corrected chi connectivity index (χ4v) is 4.91. The van der Waals surface area contributed by atoms with E-state index < -0.39 is 11.8 Å². The summed E-state index contributed by atoms with van der Waals surface area (Å²) >= 11 is 12.7. The monoisotopic (exact) mass is 534 g/mol. The molecule has 0 fully saturated rings. The molecule has 2 aromatic carbocycles. The first-order chi connectivity index (χ1) is 17.2. The topological polar surface area (TPSA) is 70.8 Å². The lowest BCUT2D eigenvalue weighted by atomic mass is 10.1. The molecule has 0 saturated carbocycles. The minimum absolute atomic E-state index is 0.280. The Morgan fingerprint density at radius 1 is 0.639 bits per heavy atom. The molecule has 0 aliphatic rings. The summed E-state index contributed by atoms with van der Waals surface area (Å²) in [5, 5.41) is 26.3. The lowest BCUT2D eigenvalue weighted by Gasteiger charge is -2.37. The average molecular weight is 536 g/mol. The van der Waals surface area contributed by atoms with Crippen molar-refractivity contribution in [3.8, 4) is 0 Å². The summed E-state index contributed by atoms with van der Waals surface area (Å²) in [6, 6.07) is 15.6. The van der Waals surface area contributed by atoms with Crippen molar-refractivity contribution in [2.45, 2.75) is 40.8 Å². The van der Waals surface area contributed by atoms with E-state index in [2.05, 4.69) is 37.7 Å². The van der Waals surface area contributed by atoms with Gasteiger partial charge in [-0.25, -0.2) is 0 Å². The van der Waals surface area contributed by atoms with E-state index in [9.17, 15) is 10.2 Å². The molecule has 0 amide bonds. The molecule has 0 spiro atoms. The number of likely N-dealkylation sites (N-methyl/N-ethyl adjacent to an activating group) is 2. The van der Waals surface area contributed by atoms with E-state index in [0.29, 0.717) is 13.1 Å². The van der Waals surface area contributed by atoms with Gasteiger partial charge in [0.2, 0.25) is 0 Å². The van der Waals surface area contributed by atoms with Crippen LogP contribution in [-0.4, -0.2) is 73.1 Å². The third-order valence-electron chi connectivity index (χ3n) is 7.45. The number of hydrogen-bond donors (Lipinski definition) is 0. The van der Waals surface area contributed by atoms with Crippen LogP contribution in [-0.2, 0) is 13.1 Å². The van der Waals surface area contributed by atoms with Gasteiger partial charge in [-0.2, -0.15) is 0 Å². The van der Waals surface area contributed by atoms with Gasteiger partial charge in [0.05, 0.1) is 52.4 Å². The predicted octanol–water partition coefficient (Wildman–Crippen LogP) is 3.92. The molecule has 6 nitrogen and oxygen atoms in total. The van der Waals surface area contributed by atoms with Crippen molar-refractivity contribution in [1.82, 2.24) is 0 Å². The Balaban J connectivity index is 2.00. The molecular formula is C28H40Cl2N4O2. The van der Waals surface area contributed by atoms with Crippen LogP contribution in [0.15, 0.2) is 58.5 Å². The van der Waals surface area contributed by atoms with E-state index in [1.165, 1.54) is 0 Å². The van der Waals surface area contributed by atoms with Crippen molar-refractivity contribution in [1.29, 1.82) is 0 Å². The summed E-state index contributed by atoms with van der Waals surface area (Å²) in [5.41, 5.74) is 2.15. The van der Waals surface area contributed by atoms with E-state index in [0.717, 1.165) is 69.4 Å². The van der Waals surface area contributed by atoms with Gasteiger partial charge in [0.1, 0.15) is 13.1 Å². The molecule has 0 aliphatic heterocycles. The van der Waals surface area contributed by atoms with Crippen LogP contribution in [0.25, 0.3) is 0 Å². The molecule has 0 aliphatic carbocycles. The Hall–Kier alpha value is -2.12. The summed E-state index contributed by atoms with van der Waals surface area (Å²) < 4.78 is 1.47. The third kappa shape index (κ3) is 8.48. The highest BCUT2D eigenvalue weighted by atomic mass is 35.5. The molecule has 2 rings (SSSR count). The van der Waals surface area contributed by atoms with Crippen molar-refractivity contribution in [2.24, 2.45) is 9.98 Å². The van der Waals surface area contributed by atoms with Gasteiger partial charge in [0, 0.05) is 21.2 Å². The maximum Gasteiger partial charge on any atom is 0.106 e. The van der Waals surface area contributed by atoms with Gasteiger partial charge in [-0.3, -0.25) is 9.98 Å². The molecule has 0 aromatic heterocycles. The minimum atomic E-state index is -0.768. The van der Waals surface area contributed by atoms with Crippen LogP contribution in [0.5, 0.6) is 0 Å². The maximum absolute atomic E-state index is 12.4. The Morgan fingerprint density at radius 2 is 0.972 bits per heavy atom. The smallest absolute Gasteiger partial charge is 0.106 e. The van der Waals surface area contributed by atoms with E-state index in [4.69, 9.17) is 23.2 Å². The molecule has 0 bridgehead atoms. The standard InChI is InChI=1S/C28H40Cl2N4O2/c1-5-33(6-2,21-23-13-9-11-15-25(23)29)19-17-31-27(35)28(36)32-18-20-34(7-3,8-4)22-24-14-10-12-16-26(24)30/h9-16H,5-8,17-22H2,1-4H3. The third-order valence-corrected chi connectivity index (χ3v) is 8.19. The zero-order chi connectivity index (χ0) is 26.6. The number of aliphatic imine (C=N–C) groups is 2. The summed E-state index contributed by atoms with van der Waals surface area (Å²) in [5.74, 6) is -1.54. The van der Waals surface area contributed by atoms with Gasteiger partial charge in [-0.15, -0.1) is 0 Å². The van der Waals surface area contributed by atoms with Crippen molar-refractivity contribution >= 4 is 35.0 Å². The highest BCUT2D eigenvalue weighted by molar-refractivity contribution is 6.31. The van der Waals surface area contributed by atoms with Crippen LogP contribution in [0.2, 0.25) is 10.0 Å². The number of benzene rings is 2. The second-order valence-corrected chi connectivity index (χ2v) is 10.1. The van der Waals surface area contributed by atoms with E-state index in [1.807, 2.05) is 48.5 Å².